The second kappa shape index (κ2) is 5.05. The van der Waals surface area contributed by atoms with E-state index in [-0.39, 0.29) is 17.5 Å². The molecule has 0 spiro atoms. The van der Waals surface area contributed by atoms with Gasteiger partial charge in [-0.1, -0.05) is 0 Å². The molecule has 0 amide bonds. The number of hydrogen-bond donors (Lipinski definition) is 1. The van der Waals surface area contributed by atoms with Crippen LogP contribution in [-0.2, 0) is 13.0 Å². The molecule has 6 heteroatoms. The van der Waals surface area contributed by atoms with Crippen LogP contribution in [-0.4, -0.2) is 21.7 Å². The summed E-state index contributed by atoms with van der Waals surface area (Å²) in [4.78, 5) is 22.3. The van der Waals surface area contributed by atoms with E-state index < -0.39 is 11.4 Å². The smallest absolute Gasteiger partial charge is 0.341 e. The molecule has 1 unspecified atom stereocenters. The molecule has 2 heterocycles. The van der Waals surface area contributed by atoms with Gasteiger partial charge in [0.1, 0.15) is 23.2 Å². The van der Waals surface area contributed by atoms with Crippen LogP contribution < -0.4 is 10.2 Å². The first kappa shape index (κ1) is 13.4. The van der Waals surface area contributed by atoms with Crippen LogP contribution >= 0.6 is 0 Å². The van der Waals surface area contributed by atoms with E-state index in [0.717, 1.165) is 5.56 Å². The molecule has 1 aromatic carbocycles. The summed E-state index contributed by atoms with van der Waals surface area (Å²) in [5.41, 5.74) is -0.0185. The number of aromatic carboxylic acids is 1. The molecule has 0 saturated carbocycles. The maximum absolute atomic E-state index is 13.1. The lowest BCUT2D eigenvalue weighted by molar-refractivity contribution is 0.0694. The van der Waals surface area contributed by atoms with Gasteiger partial charge >= 0.3 is 5.97 Å². The summed E-state index contributed by atoms with van der Waals surface area (Å²) in [7, 11) is 0. The Kier molecular flexibility index (Phi) is 3.21. The third kappa shape index (κ3) is 2.65. The van der Waals surface area contributed by atoms with Gasteiger partial charge in [0.15, 0.2) is 5.43 Å². The van der Waals surface area contributed by atoms with E-state index in [1.54, 1.807) is 10.6 Å². The van der Waals surface area contributed by atoms with Crippen molar-refractivity contribution >= 4 is 5.97 Å². The van der Waals surface area contributed by atoms with E-state index in [1.807, 2.05) is 0 Å². The van der Waals surface area contributed by atoms with Gasteiger partial charge in [0.05, 0.1) is 6.54 Å². The first-order valence-corrected chi connectivity index (χ1v) is 6.41. The van der Waals surface area contributed by atoms with Crippen LogP contribution in [0.25, 0.3) is 0 Å². The van der Waals surface area contributed by atoms with Gasteiger partial charge in [-0.3, -0.25) is 4.79 Å². The molecule has 5 nitrogen and oxygen atoms in total. The number of hydrogen-bond acceptors (Lipinski definition) is 3. The molecule has 1 aliphatic heterocycles. The van der Waals surface area contributed by atoms with Crippen molar-refractivity contribution in [3.8, 4) is 5.75 Å². The summed E-state index contributed by atoms with van der Waals surface area (Å²) < 4.78 is 20.4. The first-order valence-electron chi connectivity index (χ1n) is 6.41. The van der Waals surface area contributed by atoms with Crippen molar-refractivity contribution in [1.29, 1.82) is 0 Å². The number of carboxylic acids is 1. The number of rotatable bonds is 3. The number of carbonyl (C=O) groups is 1. The maximum Gasteiger partial charge on any atom is 0.341 e. The average molecular weight is 289 g/mol. The van der Waals surface area contributed by atoms with Crippen molar-refractivity contribution in [2.24, 2.45) is 0 Å². The highest BCUT2D eigenvalue weighted by Crippen LogP contribution is 2.29. The molecule has 2 aromatic rings. The van der Waals surface area contributed by atoms with Gasteiger partial charge in [-0.25, -0.2) is 9.18 Å². The number of benzene rings is 1. The summed E-state index contributed by atoms with van der Waals surface area (Å²) >= 11 is 0. The zero-order valence-electron chi connectivity index (χ0n) is 11.0. The van der Waals surface area contributed by atoms with Crippen molar-refractivity contribution in [3.05, 3.63) is 63.8 Å². The number of aromatic nitrogens is 1. The van der Waals surface area contributed by atoms with Crippen molar-refractivity contribution in [3.63, 3.8) is 0 Å². The van der Waals surface area contributed by atoms with E-state index in [4.69, 9.17) is 9.84 Å². The van der Waals surface area contributed by atoms with Crippen molar-refractivity contribution in [1.82, 2.24) is 4.57 Å². The highest BCUT2D eigenvalue weighted by molar-refractivity contribution is 5.86. The highest BCUT2D eigenvalue weighted by atomic mass is 19.1. The van der Waals surface area contributed by atoms with Crippen molar-refractivity contribution < 1.29 is 19.0 Å². The van der Waals surface area contributed by atoms with Gasteiger partial charge in [0.25, 0.3) is 0 Å². The SMILES string of the molecule is O=C(O)c1cn(CC2Cc3cc(F)ccc3O2)ccc1=O. The molecule has 1 atom stereocenters. The van der Waals surface area contributed by atoms with Crippen molar-refractivity contribution in [2.45, 2.75) is 19.1 Å². The minimum Gasteiger partial charge on any atom is -0.488 e. The monoisotopic (exact) mass is 289 g/mol. The molecular formula is C15H12FNO4. The van der Waals surface area contributed by atoms with Gasteiger partial charge in [-0.15, -0.1) is 0 Å². The van der Waals surface area contributed by atoms with E-state index >= 15 is 0 Å². The predicted molar refractivity (Wildman–Crippen MR) is 72.2 cm³/mol. The molecule has 21 heavy (non-hydrogen) atoms. The van der Waals surface area contributed by atoms with E-state index in [0.29, 0.717) is 18.7 Å². The molecule has 0 saturated heterocycles. The Morgan fingerprint density at radius 1 is 1.43 bits per heavy atom. The average Bonchev–Trinajstić information content (AvgIpc) is 2.82. The second-order valence-electron chi connectivity index (χ2n) is 4.92. The topological polar surface area (TPSA) is 68.5 Å². The molecule has 1 N–H and O–H groups in total. The Labute approximate surface area is 119 Å². The van der Waals surface area contributed by atoms with Crippen LogP contribution in [0.15, 0.2) is 41.5 Å². The lowest BCUT2D eigenvalue weighted by atomic mass is 10.1. The predicted octanol–water partition coefficient (Wildman–Crippen LogP) is 1.69. The number of ether oxygens (including phenoxy) is 1. The van der Waals surface area contributed by atoms with Crippen LogP contribution in [0.2, 0.25) is 0 Å². The fourth-order valence-electron chi connectivity index (χ4n) is 2.43. The lowest BCUT2D eigenvalue weighted by Gasteiger charge is -2.13. The van der Waals surface area contributed by atoms with Gasteiger partial charge in [-0.05, 0) is 18.2 Å². The Morgan fingerprint density at radius 3 is 3.00 bits per heavy atom. The molecule has 3 rings (SSSR count). The Bertz CT molecular complexity index is 769. The van der Waals surface area contributed by atoms with E-state index in [2.05, 4.69) is 0 Å². The van der Waals surface area contributed by atoms with Crippen LogP contribution in [0.1, 0.15) is 15.9 Å². The third-order valence-corrected chi connectivity index (χ3v) is 3.39. The number of fused-ring (bicyclic) bond motifs is 1. The molecule has 0 bridgehead atoms. The lowest BCUT2D eigenvalue weighted by Crippen LogP contribution is -2.23. The first-order chi connectivity index (χ1) is 10.0. The van der Waals surface area contributed by atoms with Crippen molar-refractivity contribution in [2.75, 3.05) is 0 Å². The largest absolute Gasteiger partial charge is 0.488 e. The molecule has 0 radical (unpaired) electrons. The number of nitrogens with zero attached hydrogens (tertiary/aromatic N) is 1. The third-order valence-electron chi connectivity index (χ3n) is 3.39. The van der Waals surface area contributed by atoms with E-state index in [9.17, 15) is 14.0 Å². The van der Waals surface area contributed by atoms with Crippen LogP contribution in [0, 0.1) is 5.82 Å². The fourth-order valence-corrected chi connectivity index (χ4v) is 2.43. The number of pyridine rings is 1. The Morgan fingerprint density at radius 2 is 2.24 bits per heavy atom. The molecule has 0 fully saturated rings. The zero-order valence-corrected chi connectivity index (χ0v) is 11.0. The normalized spacial score (nSPS) is 16.3. The summed E-state index contributed by atoms with van der Waals surface area (Å²) in [5, 5.41) is 8.94. The molecule has 1 aliphatic rings. The fraction of sp³-hybridized carbons (Fsp3) is 0.200. The number of halogens is 1. The number of carboxylic acid groups (broad SMARTS) is 1. The van der Waals surface area contributed by atoms with Gasteiger partial charge in [-0.2, -0.15) is 0 Å². The summed E-state index contributed by atoms with van der Waals surface area (Å²) in [6.07, 6.45) is 3.13. The molecular weight excluding hydrogens is 277 g/mol. The zero-order chi connectivity index (χ0) is 15.0. The maximum atomic E-state index is 13.1. The molecule has 1 aromatic heterocycles. The molecule has 0 aliphatic carbocycles. The van der Waals surface area contributed by atoms with Gasteiger partial charge < -0.3 is 14.4 Å². The summed E-state index contributed by atoms with van der Waals surface area (Å²) in [6.45, 7) is 0.386. The Hall–Kier alpha value is -2.63. The molecule has 108 valence electrons. The highest BCUT2D eigenvalue weighted by Gasteiger charge is 2.23. The van der Waals surface area contributed by atoms with E-state index in [1.165, 1.54) is 30.6 Å². The van der Waals surface area contributed by atoms with Gasteiger partial charge in [0, 0.05) is 30.4 Å². The minimum atomic E-state index is -1.26. The van der Waals surface area contributed by atoms with Crippen LogP contribution in [0.5, 0.6) is 5.75 Å². The van der Waals surface area contributed by atoms with Crippen LogP contribution in [0.3, 0.4) is 0 Å². The minimum absolute atomic E-state index is 0.217. The van der Waals surface area contributed by atoms with Gasteiger partial charge in [0.2, 0.25) is 0 Å². The quantitative estimate of drug-likeness (QED) is 0.933. The summed E-state index contributed by atoms with van der Waals surface area (Å²) in [6, 6.07) is 5.57. The standard InChI is InChI=1S/C15H12FNO4/c16-10-1-2-14-9(5-10)6-11(21-14)7-17-4-3-13(18)12(8-17)15(19)20/h1-5,8,11H,6-7H2,(H,19,20). The second-order valence-corrected chi connectivity index (χ2v) is 4.92. The summed E-state index contributed by atoms with van der Waals surface area (Å²) in [5.74, 6) is -0.928. The Balaban J connectivity index is 1.79. The van der Waals surface area contributed by atoms with Crippen LogP contribution in [0.4, 0.5) is 4.39 Å².